The fraction of sp³-hybridized carbons (Fsp3) is 0.682. The maximum atomic E-state index is 14.2. The highest BCUT2D eigenvalue weighted by Gasteiger charge is 2.44. The van der Waals surface area contributed by atoms with Crippen molar-refractivity contribution in [2.75, 3.05) is 45.0 Å². The van der Waals surface area contributed by atoms with Crippen LogP contribution in [-0.4, -0.2) is 113 Å². The van der Waals surface area contributed by atoms with Gasteiger partial charge in [-0.1, -0.05) is 45.9 Å². The third-order valence-corrected chi connectivity index (χ3v) is 14.7. The highest BCUT2D eigenvalue weighted by atomic mass is 28.4. The molecule has 59 heavy (non-hydrogen) atoms. The molecule has 0 spiro atoms. The van der Waals surface area contributed by atoms with Gasteiger partial charge in [0.25, 0.3) is 0 Å². The maximum absolute atomic E-state index is 14.2. The van der Waals surface area contributed by atoms with Crippen LogP contribution in [0.2, 0.25) is 18.1 Å². The van der Waals surface area contributed by atoms with Crippen molar-refractivity contribution < 1.29 is 56.8 Å². The quantitative estimate of drug-likeness (QED) is 0.0906. The highest BCUT2D eigenvalue weighted by Crippen LogP contribution is 2.37. The number of esters is 1. The van der Waals surface area contributed by atoms with E-state index in [2.05, 4.69) is 33.9 Å². The van der Waals surface area contributed by atoms with Gasteiger partial charge >= 0.3 is 18.2 Å². The van der Waals surface area contributed by atoms with Crippen molar-refractivity contribution in [3.05, 3.63) is 41.5 Å². The molecule has 15 heteroatoms. The zero-order valence-corrected chi connectivity index (χ0v) is 39.3. The molecule has 0 unspecified atom stereocenters. The van der Waals surface area contributed by atoms with Crippen molar-refractivity contribution in [1.82, 2.24) is 4.90 Å². The van der Waals surface area contributed by atoms with E-state index in [1.165, 1.54) is 23.0 Å². The number of fused-ring (bicyclic) bond motifs is 2. The van der Waals surface area contributed by atoms with Crippen LogP contribution in [0.4, 0.5) is 15.3 Å². The van der Waals surface area contributed by atoms with Gasteiger partial charge in [0.2, 0.25) is 0 Å². The number of ketones is 1. The second-order valence-corrected chi connectivity index (χ2v) is 23.9. The number of cyclic esters (lactones) is 1. The number of carbonyl (C=O) groups excluding carboxylic acids is 4. The Bertz CT molecular complexity index is 1700. The molecular weight excluding hydrogens is 777 g/mol. The van der Waals surface area contributed by atoms with Crippen LogP contribution in [0.1, 0.15) is 112 Å². The molecule has 0 saturated carbocycles. The molecule has 1 aromatic rings. The molecular formula is C44H70N2O12Si. The van der Waals surface area contributed by atoms with E-state index in [1.54, 1.807) is 92.7 Å². The van der Waals surface area contributed by atoms with E-state index in [4.69, 9.17) is 37.6 Å². The molecule has 0 bridgehead atoms. The fourth-order valence-corrected chi connectivity index (χ4v) is 6.92. The van der Waals surface area contributed by atoms with Crippen LogP contribution in [0, 0.1) is 5.92 Å². The number of methoxy groups -OCH3 is 1. The van der Waals surface area contributed by atoms with E-state index >= 15 is 0 Å². The van der Waals surface area contributed by atoms with Crippen LogP contribution < -0.4 is 9.64 Å². The molecule has 1 fully saturated rings. The van der Waals surface area contributed by atoms with Crippen molar-refractivity contribution in [3.63, 3.8) is 0 Å². The molecule has 332 valence electrons. The Morgan fingerprint density at radius 1 is 0.881 bits per heavy atom. The van der Waals surface area contributed by atoms with Crippen molar-refractivity contribution in [2.45, 2.75) is 150 Å². The van der Waals surface area contributed by atoms with Crippen molar-refractivity contribution in [3.8, 4) is 5.75 Å². The number of amides is 2. The number of rotatable bonds is 11. The minimum atomic E-state index is -2.15. The summed E-state index contributed by atoms with van der Waals surface area (Å²) in [5.41, 5.74) is -0.893. The molecule has 2 aliphatic heterocycles. The monoisotopic (exact) mass is 846 g/mol. The molecule has 0 aliphatic carbocycles. The van der Waals surface area contributed by atoms with E-state index in [0.717, 1.165) is 0 Å². The molecule has 0 radical (unpaired) electrons. The number of hydrogen-bond acceptors (Lipinski definition) is 12. The summed E-state index contributed by atoms with van der Waals surface area (Å²) in [6, 6.07) is 3.21. The maximum Gasteiger partial charge on any atom is 0.414 e. The number of nitrogens with zero attached hydrogens (tertiary/aromatic N) is 2. The van der Waals surface area contributed by atoms with Gasteiger partial charge in [0, 0.05) is 38.7 Å². The van der Waals surface area contributed by atoms with E-state index in [9.17, 15) is 19.2 Å². The lowest BCUT2D eigenvalue weighted by molar-refractivity contribution is -0.152. The predicted octanol–water partition coefficient (Wildman–Crippen LogP) is 8.91. The summed E-state index contributed by atoms with van der Waals surface area (Å²) in [7, 11) is -0.699. The smallest absolute Gasteiger partial charge is 0.414 e. The zero-order valence-electron chi connectivity index (χ0n) is 38.3. The molecule has 2 amide bonds. The Kier molecular flexibility index (Phi) is 16.6. The minimum Gasteiger partial charge on any atom is -0.467 e. The molecule has 1 aromatic carbocycles. The van der Waals surface area contributed by atoms with Crippen LogP contribution >= 0.6 is 0 Å². The molecule has 4 atom stereocenters. The van der Waals surface area contributed by atoms with Gasteiger partial charge in [-0.15, -0.1) is 0 Å². The van der Waals surface area contributed by atoms with E-state index in [0.29, 0.717) is 11.3 Å². The van der Waals surface area contributed by atoms with E-state index < -0.39 is 61.8 Å². The lowest BCUT2D eigenvalue weighted by atomic mass is 9.99. The number of ether oxygens (including phenoxy) is 7. The highest BCUT2D eigenvalue weighted by molar-refractivity contribution is 6.74. The van der Waals surface area contributed by atoms with Gasteiger partial charge in [-0.05, 0) is 105 Å². The Labute approximate surface area is 352 Å². The molecule has 1 saturated heterocycles. The first kappa shape index (κ1) is 49.6. The summed E-state index contributed by atoms with van der Waals surface area (Å²) in [6.45, 7) is 28.7. The first-order valence-electron chi connectivity index (χ1n) is 20.4. The van der Waals surface area contributed by atoms with Gasteiger partial charge in [-0.3, -0.25) is 9.69 Å². The summed E-state index contributed by atoms with van der Waals surface area (Å²) in [4.78, 5) is 58.2. The lowest BCUT2D eigenvalue weighted by Crippen LogP contribution is -2.47. The van der Waals surface area contributed by atoms with Crippen molar-refractivity contribution in [2.24, 2.45) is 5.92 Å². The number of anilines is 1. The summed E-state index contributed by atoms with van der Waals surface area (Å²) < 4.78 is 47.6. The summed E-state index contributed by atoms with van der Waals surface area (Å²) in [5.74, 6) is -2.19. The Morgan fingerprint density at radius 3 is 2.10 bits per heavy atom. The number of hydrogen-bond donors (Lipinski definition) is 0. The van der Waals surface area contributed by atoms with Gasteiger partial charge in [-0.25, -0.2) is 14.4 Å². The Morgan fingerprint density at radius 2 is 1.51 bits per heavy atom. The van der Waals surface area contributed by atoms with Crippen LogP contribution in [-0.2, 0) is 37.6 Å². The first-order valence-corrected chi connectivity index (χ1v) is 23.3. The first-order chi connectivity index (χ1) is 27.0. The van der Waals surface area contributed by atoms with Gasteiger partial charge in [0.05, 0.1) is 18.4 Å². The molecule has 14 nitrogen and oxygen atoms in total. The zero-order chi connectivity index (χ0) is 44.7. The van der Waals surface area contributed by atoms with Crippen molar-refractivity contribution in [1.29, 1.82) is 0 Å². The normalized spacial score (nSPS) is 22.0. The molecule has 2 heterocycles. The van der Waals surface area contributed by atoms with Crippen LogP contribution in [0.5, 0.6) is 5.75 Å². The van der Waals surface area contributed by atoms with Crippen LogP contribution in [0.15, 0.2) is 30.4 Å². The van der Waals surface area contributed by atoms with Crippen LogP contribution in [0.3, 0.4) is 0 Å². The third-order valence-electron chi connectivity index (χ3n) is 10.2. The topological polar surface area (TPSA) is 149 Å². The molecule has 2 aliphatic rings. The number of carbonyl (C=O) groups is 4. The fourth-order valence-electron chi connectivity index (χ4n) is 5.89. The largest absolute Gasteiger partial charge is 0.467 e. The minimum absolute atomic E-state index is 0.0298. The molecule has 0 aromatic heterocycles. The molecule has 0 N–H and O–H groups in total. The predicted molar refractivity (Wildman–Crippen MR) is 229 cm³/mol. The standard InChI is InChI=1S/C44H70N2O12Si/c1-29-20-21-33(47)37-34(55-44(12,13)56-37)19-17-18-31-26-32(27-35(52-28-51-14)36(31)38(48)54-30(29)2)46(40(50)58-42(6,7)8)23-22-45(39(49)57-41(3,4)5)24-25-53-59(15,16)43(9,10)11/h17-18,20-21,26-27,29-30,34,37H,19,22-25,28H2,1-16H3/b18-17?,21-20-/t29-,30+,34+,37-/m1/s1. The average Bonchev–Trinajstić information content (AvgIpc) is 3.39. The Balaban J connectivity index is 2.18. The lowest BCUT2D eigenvalue weighted by Gasteiger charge is -2.37. The van der Waals surface area contributed by atoms with Crippen molar-refractivity contribution >= 4 is 44.0 Å². The van der Waals surface area contributed by atoms with Gasteiger partial charge in [-0.2, -0.15) is 0 Å². The van der Waals surface area contributed by atoms with E-state index in [1.807, 2.05) is 6.92 Å². The second-order valence-electron chi connectivity index (χ2n) is 19.1. The van der Waals surface area contributed by atoms with Gasteiger partial charge in [0.1, 0.15) is 34.7 Å². The van der Waals surface area contributed by atoms with E-state index in [-0.39, 0.29) is 67.5 Å². The van der Waals surface area contributed by atoms with Crippen LogP contribution in [0.25, 0.3) is 6.08 Å². The second kappa shape index (κ2) is 19.7. The third kappa shape index (κ3) is 14.7. The summed E-state index contributed by atoms with van der Waals surface area (Å²) in [6.07, 6.45) is 3.51. The summed E-state index contributed by atoms with van der Waals surface area (Å²) >= 11 is 0. The SMILES string of the molecule is COCOc1cc(N(CCN(CCO[Si](C)(C)C(C)(C)C)C(=O)OC(C)(C)C)C(=O)OC(C)(C)C)cc2c1C(=O)O[C@@H](C)[C@H](C)/C=C\C(=O)[C@H]1OC(C)(C)O[C@H]1CC=C2. The molecule has 3 rings (SSSR count). The summed E-state index contributed by atoms with van der Waals surface area (Å²) in [5, 5.41) is -0.0406. The Hall–Kier alpha value is -3.76. The van der Waals surface area contributed by atoms with Gasteiger partial charge < -0.3 is 42.5 Å². The number of benzene rings is 1. The van der Waals surface area contributed by atoms with Gasteiger partial charge in [0.15, 0.2) is 26.7 Å². The average molecular weight is 847 g/mol.